The van der Waals surface area contributed by atoms with E-state index in [1.165, 1.54) is 22.3 Å². The molecule has 0 fully saturated rings. The van der Waals surface area contributed by atoms with Crippen molar-refractivity contribution in [1.82, 2.24) is 10.2 Å². The molecule has 1 aliphatic heterocycles. The zero-order valence-corrected chi connectivity index (χ0v) is 18.9. The van der Waals surface area contributed by atoms with E-state index < -0.39 is 0 Å². The molecule has 1 aliphatic carbocycles. The van der Waals surface area contributed by atoms with Crippen LogP contribution in [0.5, 0.6) is 5.75 Å². The molecule has 1 amide bonds. The van der Waals surface area contributed by atoms with Crippen LogP contribution in [0.1, 0.15) is 56.6 Å². The molecule has 0 bridgehead atoms. The molecule has 166 valence electrons. The lowest BCUT2D eigenvalue weighted by Gasteiger charge is -2.23. The Bertz CT molecular complexity index is 867. The molecule has 0 saturated carbocycles. The largest absolute Gasteiger partial charge is 0.497 e. The monoisotopic (exact) mass is 421 g/mol. The van der Waals surface area contributed by atoms with Gasteiger partial charge in [0.15, 0.2) is 0 Å². The SMILES string of the molecule is CCCCC1=C(C=CC(=O)NCCCCN2C=CC=NC2)CCc2cc(OC)ccc21. The van der Waals surface area contributed by atoms with Gasteiger partial charge in [0, 0.05) is 31.6 Å². The van der Waals surface area contributed by atoms with E-state index in [4.69, 9.17) is 4.74 Å². The number of nitrogens with one attached hydrogen (secondary N) is 1. The summed E-state index contributed by atoms with van der Waals surface area (Å²) in [4.78, 5) is 18.7. The second kappa shape index (κ2) is 12.1. The van der Waals surface area contributed by atoms with Gasteiger partial charge in [-0.3, -0.25) is 9.79 Å². The molecule has 1 heterocycles. The van der Waals surface area contributed by atoms with Gasteiger partial charge in [-0.1, -0.05) is 25.5 Å². The highest BCUT2D eigenvalue weighted by Gasteiger charge is 2.18. The Morgan fingerprint density at radius 2 is 2.16 bits per heavy atom. The van der Waals surface area contributed by atoms with Crippen LogP contribution in [-0.4, -0.2) is 43.9 Å². The summed E-state index contributed by atoms with van der Waals surface area (Å²) in [5, 5.41) is 3.02. The number of aliphatic imine (C=N–C) groups is 1. The Kier molecular flexibility index (Phi) is 8.95. The normalized spacial score (nSPS) is 15.5. The van der Waals surface area contributed by atoms with Gasteiger partial charge in [-0.2, -0.15) is 0 Å². The Hall–Kier alpha value is -2.82. The van der Waals surface area contributed by atoms with Gasteiger partial charge in [-0.25, -0.2) is 0 Å². The number of aryl methyl sites for hydroxylation is 1. The number of hydrogen-bond donors (Lipinski definition) is 1. The first kappa shape index (κ1) is 22.9. The maximum absolute atomic E-state index is 12.3. The average Bonchev–Trinajstić information content (AvgIpc) is 2.81. The predicted octanol–water partition coefficient (Wildman–Crippen LogP) is 4.90. The molecule has 31 heavy (non-hydrogen) atoms. The van der Waals surface area contributed by atoms with Crippen LogP contribution in [0.15, 0.2) is 53.2 Å². The smallest absolute Gasteiger partial charge is 0.243 e. The fraction of sp³-hybridized carbons (Fsp3) is 0.462. The molecule has 0 aromatic heterocycles. The summed E-state index contributed by atoms with van der Waals surface area (Å²) in [5.74, 6) is 0.904. The summed E-state index contributed by atoms with van der Waals surface area (Å²) < 4.78 is 5.40. The van der Waals surface area contributed by atoms with E-state index >= 15 is 0 Å². The number of unbranched alkanes of at least 4 members (excludes halogenated alkanes) is 2. The highest BCUT2D eigenvalue weighted by atomic mass is 16.5. The molecular formula is C26H35N3O2. The third kappa shape index (κ3) is 6.84. The highest BCUT2D eigenvalue weighted by Crippen LogP contribution is 2.36. The van der Waals surface area contributed by atoms with Crippen LogP contribution in [0.4, 0.5) is 0 Å². The van der Waals surface area contributed by atoms with Gasteiger partial charge in [-0.05, 0) is 79.0 Å². The number of amides is 1. The van der Waals surface area contributed by atoms with E-state index in [-0.39, 0.29) is 5.91 Å². The minimum Gasteiger partial charge on any atom is -0.497 e. The highest BCUT2D eigenvalue weighted by molar-refractivity contribution is 5.89. The first-order valence-corrected chi connectivity index (χ1v) is 11.5. The molecule has 0 atom stereocenters. The second-order valence-corrected chi connectivity index (χ2v) is 8.09. The maximum atomic E-state index is 12.3. The lowest BCUT2D eigenvalue weighted by molar-refractivity contribution is -0.116. The molecule has 1 aromatic carbocycles. The molecule has 3 rings (SSSR count). The van der Waals surface area contributed by atoms with E-state index in [1.807, 2.05) is 24.4 Å². The summed E-state index contributed by atoms with van der Waals surface area (Å²) in [7, 11) is 1.71. The average molecular weight is 422 g/mol. The third-order valence-corrected chi connectivity index (χ3v) is 5.83. The minimum atomic E-state index is -0.00895. The van der Waals surface area contributed by atoms with Crippen LogP contribution in [0.25, 0.3) is 5.57 Å². The van der Waals surface area contributed by atoms with Crippen molar-refractivity contribution < 1.29 is 9.53 Å². The molecule has 2 aliphatic rings. The molecule has 0 saturated heterocycles. The Morgan fingerprint density at radius 1 is 1.26 bits per heavy atom. The second-order valence-electron chi connectivity index (χ2n) is 8.09. The minimum absolute atomic E-state index is 0.00895. The molecule has 1 aromatic rings. The van der Waals surface area contributed by atoms with Gasteiger partial charge in [0.05, 0.1) is 7.11 Å². The number of nitrogens with zero attached hydrogens (tertiary/aromatic N) is 2. The number of fused-ring (bicyclic) bond motifs is 1. The topological polar surface area (TPSA) is 53.9 Å². The van der Waals surface area contributed by atoms with Gasteiger partial charge in [0.1, 0.15) is 12.4 Å². The first-order valence-electron chi connectivity index (χ1n) is 11.5. The van der Waals surface area contributed by atoms with E-state index in [0.717, 1.165) is 63.9 Å². The van der Waals surface area contributed by atoms with E-state index in [0.29, 0.717) is 6.54 Å². The number of carbonyl (C=O) groups excluding carboxylic acids is 1. The van der Waals surface area contributed by atoms with Crippen molar-refractivity contribution in [2.75, 3.05) is 26.9 Å². The Balaban J connectivity index is 1.53. The number of ether oxygens (including phenoxy) is 1. The fourth-order valence-corrected chi connectivity index (χ4v) is 4.08. The van der Waals surface area contributed by atoms with Crippen LogP contribution < -0.4 is 10.1 Å². The van der Waals surface area contributed by atoms with Crippen molar-refractivity contribution in [3.05, 3.63) is 59.3 Å². The van der Waals surface area contributed by atoms with Gasteiger partial charge in [0.25, 0.3) is 0 Å². The Morgan fingerprint density at radius 3 is 2.94 bits per heavy atom. The predicted molar refractivity (Wildman–Crippen MR) is 128 cm³/mol. The lowest BCUT2D eigenvalue weighted by atomic mass is 9.83. The standard InChI is InChI=1S/C26H35N3O2/c1-3-4-8-24-21(9-10-22-19-23(31-2)12-13-25(22)24)11-14-26(30)28-16-5-6-17-29-18-7-15-27-20-29/h7,11-15,18-19H,3-6,8-10,16-17,20H2,1-2H3,(H,28,30). The van der Waals surface area contributed by atoms with Crippen molar-refractivity contribution in [3.63, 3.8) is 0 Å². The summed E-state index contributed by atoms with van der Waals surface area (Å²) in [6.07, 6.45) is 16.9. The molecule has 1 N–H and O–H groups in total. The van der Waals surface area contributed by atoms with Crippen LogP contribution in [0.2, 0.25) is 0 Å². The lowest BCUT2D eigenvalue weighted by Crippen LogP contribution is -2.24. The van der Waals surface area contributed by atoms with Gasteiger partial charge in [-0.15, -0.1) is 0 Å². The zero-order chi connectivity index (χ0) is 21.9. The molecule has 5 heteroatoms. The molecule has 0 unspecified atom stereocenters. The van der Waals surface area contributed by atoms with Gasteiger partial charge < -0.3 is 15.0 Å². The van der Waals surface area contributed by atoms with Crippen LogP contribution in [-0.2, 0) is 11.2 Å². The number of rotatable bonds is 11. The molecule has 0 spiro atoms. The third-order valence-electron chi connectivity index (χ3n) is 5.83. The summed E-state index contributed by atoms with van der Waals surface area (Å²) >= 11 is 0. The number of hydrogen-bond acceptors (Lipinski definition) is 4. The zero-order valence-electron chi connectivity index (χ0n) is 18.9. The van der Waals surface area contributed by atoms with E-state index in [1.54, 1.807) is 13.2 Å². The number of benzene rings is 1. The summed E-state index contributed by atoms with van der Waals surface area (Å²) in [6, 6.07) is 6.37. The summed E-state index contributed by atoms with van der Waals surface area (Å²) in [6.45, 7) is 4.62. The van der Waals surface area contributed by atoms with Crippen molar-refractivity contribution >= 4 is 17.7 Å². The Labute approximate surface area is 186 Å². The summed E-state index contributed by atoms with van der Waals surface area (Å²) in [5.41, 5.74) is 5.34. The number of allylic oxidation sites excluding steroid dienone is 4. The van der Waals surface area contributed by atoms with Crippen molar-refractivity contribution in [1.29, 1.82) is 0 Å². The maximum Gasteiger partial charge on any atom is 0.243 e. The van der Waals surface area contributed by atoms with E-state index in [2.05, 4.69) is 40.5 Å². The molecular weight excluding hydrogens is 386 g/mol. The number of methoxy groups -OCH3 is 1. The van der Waals surface area contributed by atoms with E-state index in [9.17, 15) is 4.79 Å². The fourth-order valence-electron chi connectivity index (χ4n) is 4.08. The quantitative estimate of drug-likeness (QED) is 0.409. The first-order chi connectivity index (χ1) is 15.2. The molecule has 0 radical (unpaired) electrons. The van der Waals surface area contributed by atoms with Crippen LogP contribution in [0, 0.1) is 0 Å². The van der Waals surface area contributed by atoms with Gasteiger partial charge >= 0.3 is 0 Å². The molecule has 5 nitrogen and oxygen atoms in total. The van der Waals surface area contributed by atoms with Crippen molar-refractivity contribution in [3.8, 4) is 5.75 Å². The van der Waals surface area contributed by atoms with Gasteiger partial charge in [0.2, 0.25) is 5.91 Å². The van der Waals surface area contributed by atoms with Crippen molar-refractivity contribution in [2.45, 2.75) is 51.9 Å². The number of carbonyl (C=O) groups is 1. The van der Waals surface area contributed by atoms with Crippen LogP contribution >= 0.6 is 0 Å². The van der Waals surface area contributed by atoms with Crippen molar-refractivity contribution in [2.24, 2.45) is 4.99 Å². The van der Waals surface area contributed by atoms with Crippen LogP contribution in [0.3, 0.4) is 0 Å².